The highest BCUT2D eigenvalue weighted by Crippen LogP contribution is 2.55. The summed E-state index contributed by atoms with van der Waals surface area (Å²) in [5.74, 6) is -0.674. The average molecular weight is 482 g/mol. The number of benzene rings is 3. The molecular weight excluding hydrogens is 451 g/mol. The van der Waals surface area contributed by atoms with E-state index in [0.29, 0.717) is 6.42 Å². The highest BCUT2D eigenvalue weighted by atomic mass is 32.1. The topological polar surface area (TPSA) is 81.4 Å². The number of hydrogen-bond donors (Lipinski definition) is 3. The van der Waals surface area contributed by atoms with Crippen LogP contribution >= 0.6 is 19.9 Å². The summed E-state index contributed by atoms with van der Waals surface area (Å²) in [5, 5.41) is 6.37. The van der Waals surface area contributed by atoms with E-state index in [0.717, 1.165) is 6.16 Å². The molecule has 0 spiro atoms. The Morgan fingerprint density at radius 1 is 0.848 bits per heavy atom. The van der Waals surface area contributed by atoms with E-state index < -0.39 is 25.2 Å². The fourth-order valence-corrected chi connectivity index (χ4v) is 8.28. The van der Waals surface area contributed by atoms with Gasteiger partial charge in [-0.2, -0.15) is 12.6 Å². The first-order chi connectivity index (χ1) is 16.1. The van der Waals surface area contributed by atoms with Gasteiger partial charge in [0.15, 0.2) is 0 Å². The smallest absolute Gasteiger partial charge is 0.325 e. The third-order valence-electron chi connectivity index (χ3n) is 5.43. The van der Waals surface area contributed by atoms with Crippen LogP contribution in [-0.4, -0.2) is 43.0 Å². The quantitative estimate of drug-likeness (QED) is 0.170. The van der Waals surface area contributed by atoms with E-state index >= 15 is 0 Å². The van der Waals surface area contributed by atoms with Crippen molar-refractivity contribution in [3.05, 3.63) is 91.0 Å². The molecule has 3 aromatic rings. The maximum Gasteiger partial charge on any atom is 0.325 e. The Kier molecular flexibility index (Phi) is 9.49. The molecule has 0 aromatic heterocycles. The highest BCUT2D eigenvalue weighted by molar-refractivity contribution is 7.95. The van der Waals surface area contributed by atoms with Gasteiger partial charge in [0.2, 0.25) is 5.91 Å². The molecule has 3 N–H and O–H groups in total. The van der Waals surface area contributed by atoms with Crippen molar-refractivity contribution in [2.45, 2.75) is 12.5 Å². The molecule has 7 heteroatoms. The van der Waals surface area contributed by atoms with E-state index in [4.69, 9.17) is 10.5 Å². The van der Waals surface area contributed by atoms with E-state index in [9.17, 15) is 9.59 Å². The number of rotatable bonds is 11. The molecule has 0 fully saturated rings. The van der Waals surface area contributed by atoms with Gasteiger partial charge >= 0.3 is 5.97 Å². The van der Waals surface area contributed by atoms with E-state index in [1.165, 1.54) is 15.9 Å². The lowest BCUT2D eigenvalue weighted by Crippen LogP contribution is -2.44. The number of nitrogens with two attached hydrogens (primary N) is 1. The molecule has 0 heterocycles. The van der Waals surface area contributed by atoms with E-state index in [1.54, 1.807) is 0 Å². The van der Waals surface area contributed by atoms with Crippen molar-refractivity contribution in [1.29, 1.82) is 0 Å². The molecule has 5 nitrogen and oxygen atoms in total. The second kappa shape index (κ2) is 12.5. The summed E-state index contributed by atoms with van der Waals surface area (Å²) < 4.78 is 5.41. The lowest BCUT2D eigenvalue weighted by atomic mass is 10.3. The molecule has 1 amide bonds. The van der Waals surface area contributed by atoms with E-state index in [1.807, 2.05) is 18.2 Å². The summed E-state index contributed by atoms with van der Waals surface area (Å²) in [6, 6.07) is 31.0. The minimum Gasteiger partial charge on any atom is -0.464 e. The number of carbonyl (C=O) groups is 2. The second-order valence-corrected chi connectivity index (χ2v) is 11.6. The Morgan fingerprint density at radius 3 is 1.73 bits per heavy atom. The maximum absolute atomic E-state index is 12.1. The Morgan fingerprint density at radius 2 is 1.30 bits per heavy atom. The Balaban J connectivity index is 1.76. The second-order valence-electron chi connectivity index (χ2n) is 7.62. The SMILES string of the molecule is NC(CS)C(=O)NCC(=O)OCCC[P+](c1ccccc1)(c1ccccc1)c1ccccc1. The summed E-state index contributed by atoms with van der Waals surface area (Å²) in [5.41, 5.74) is 5.60. The number of hydrogen-bond acceptors (Lipinski definition) is 5. The van der Waals surface area contributed by atoms with Crippen molar-refractivity contribution < 1.29 is 14.3 Å². The summed E-state index contributed by atoms with van der Waals surface area (Å²) in [7, 11) is -1.95. The predicted octanol–water partition coefficient (Wildman–Crippen LogP) is 2.29. The van der Waals surface area contributed by atoms with Gasteiger partial charge in [-0.3, -0.25) is 9.59 Å². The third kappa shape index (κ3) is 6.44. The Labute approximate surface area is 201 Å². The van der Waals surface area contributed by atoms with Crippen LogP contribution in [0.2, 0.25) is 0 Å². The van der Waals surface area contributed by atoms with Crippen LogP contribution < -0.4 is 27.0 Å². The zero-order chi connectivity index (χ0) is 23.5. The minimum absolute atomic E-state index is 0.198. The van der Waals surface area contributed by atoms with E-state index in [-0.39, 0.29) is 18.9 Å². The molecule has 0 saturated heterocycles. The van der Waals surface area contributed by atoms with Crippen molar-refractivity contribution in [2.75, 3.05) is 25.1 Å². The van der Waals surface area contributed by atoms with Crippen molar-refractivity contribution in [3.8, 4) is 0 Å². The predicted molar refractivity (Wildman–Crippen MR) is 140 cm³/mol. The van der Waals surface area contributed by atoms with Crippen molar-refractivity contribution in [2.24, 2.45) is 5.73 Å². The van der Waals surface area contributed by atoms with Crippen LogP contribution in [-0.2, 0) is 14.3 Å². The molecule has 0 aliphatic rings. The lowest BCUT2D eigenvalue weighted by Gasteiger charge is -2.27. The zero-order valence-electron chi connectivity index (χ0n) is 18.5. The molecule has 1 atom stereocenters. The maximum atomic E-state index is 12.1. The average Bonchev–Trinajstić information content (AvgIpc) is 2.88. The molecule has 172 valence electrons. The Bertz CT molecular complexity index is 923. The van der Waals surface area contributed by atoms with Crippen LogP contribution in [0.3, 0.4) is 0 Å². The normalized spacial score (nSPS) is 12.1. The molecule has 0 aliphatic heterocycles. The highest BCUT2D eigenvalue weighted by Gasteiger charge is 2.44. The minimum atomic E-state index is -1.95. The van der Waals surface area contributed by atoms with Gasteiger partial charge < -0.3 is 15.8 Å². The number of esters is 1. The lowest BCUT2D eigenvalue weighted by molar-refractivity contribution is -0.144. The van der Waals surface area contributed by atoms with Gasteiger partial charge in [0.05, 0.1) is 18.8 Å². The van der Waals surface area contributed by atoms with Crippen molar-refractivity contribution in [3.63, 3.8) is 0 Å². The van der Waals surface area contributed by atoms with Gasteiger partial charge in [-0.15, -0.1) is 0 Å². The van der Waals surface area contributed by atoms with Gasteiger partial charge in [0.1, 0.15) is 29.7 Å². The molecule has 0 radical (unpaired) electrons. The summed E-state index contributed by atoms with van der Waals surface area (Å²) in [6.45, 7) is 0.0816. The van der Waals surface area contributed by atoms with Gasteiger partial charge in [0, 0.05) is 12.2 Å². The first-order valence-electron chi connectivity index (χ1n) is 10.9. The van der Waals surface area contributed by atoms with Crippen LogP contribution in [0.1, 0.15) is 6.42 Å². The van der Waals surface area contributed by atoms with Gasteiger partial charge in [0.25, 0.3) is 0 Å². The number of thiol groups is 1. The fraction of sp³-hybridized carbons (Fsp3) is 0.231. The molecule has 0 bridgehead atoms. The summed E-state index contributed by atoms with van der Waals surface area (Å²) >= 11 is 3.99. The number of nitrogens with one attached hydrogen (secondary N) is 1. The van der Waals surface area contributed by atoms with E-state index in [2.05, 4.69) is 90.7 Å². The first kappa shape index (κ1) is 25.0. The van der Waals surface area contributed by atoms with Gasteiger partial charge in [-0.25, -0.2) is 0 Å². The van der Waals surface area contributed by atoms with Crippen LogP contribution in [0.5, 0.6) is 0 Å². The van der Waals surface area contributed by atoms with Crippen LogP contribution in [0, 0.1) is 0 Å². The largest absolute Gasteiger partial charge is 0.464 e. The number of carbonyl (C=O) groups excluding carboxylic acids is 2. The van der Waals surface area contributed by atoms with Crippen LogP contribution in [0.25, 0.3) is 0 Å². The van der Waals surface area contributed by atoms with Crippen LogP contribution in [0.4, 0.5) is 0 Å². The van der Waals surface area contributed by atoms with Gasteiger partial charge in [-0.1, -0.05) is 54.6 Å². The first-order valence-corrected chi connectivity index (χ1v) is 13.5. The summed E-state index contributed by atoms with van der Waals surface area (Å²) in [4.78, 5) is 23.8. The zero-order valence-corrected chi connectivity index (χ0v) is 20.3. The van der Waals surface area contributed by atoms with Crippen molar-refractivity contribution >= 4 is 47.7 Å². The molecule has 33 heavy (non-hydrogen) atoms. The van der Waals surface area contributed by atoms with Crippen molar-refractivity contribution in [1.82, 2.24) is 5.32 Å². The standard InChI is InChI=1S/C26H29N2O3PS/c27-24(20-33)26(30)28-19-25(29)31-17-10-18-32(21-11-4-1-5-12-21,22-13-6-2-7-14-22)23-15-8-3-9-16-23/h1-9,11-16,24H,10,17-20,27H2,(H-,28,30,33)/p+1. The molecule has 1 unspecified atom stereocenters. The number of amides is 1. The monoisotopic (exact) mass is 481 g/mol. The molecule has 3 aromatic carbocycles. The molecule has 0 saturated carbocycles. The molecular formula is C26H30N2O3PS+. The van der Waals surface area contributed by atoms with Gasteiger partial charge in [-0.05, 0) is 36.4 Å². The summed E-state index contributed by atoms with van der Waals surface area (Å²) in [6.07, 6.45) is 1.55. The third-order valence-corrected chi connectivity index (χ3v) is 10.4. The number of ether oxygens (including phenoxy) is 1. The Hall–Kier alpha value is -2.66. The molecule has 3 rings (SSSR count). The fourth-order valence-electron chi connectivity index (χ4n) is 3.79. The molecule has 0 aliphatic carbocycles. The van der Waals surface area contributed by atoms with Crippen LogP contribution in [0.15, 0.2) is 91.0 Å².